The van der Waals surface area contributed by atoms with Gasteiger partial charge >= 0.3 is 0 Å². The number of nitrogens with one attached hydrogen (secondary N) is 1. The number of aliphatic hydroxyl groups is 1. The van der Waals surface area contributed by atoms with Gasteiger partial charge in [-0.05, 0) is 13.3 Å². The lowest BCUT2D eigenvalue weighted by Crippen LogP contribution is -2.27. The standard InChI is InChI=1S/C7H16N4OS/c1-3-7(2,12)4-13-6(10)11-5(8)9/h12H,3-4H2,1-2H3,(H5,8,9,10,11). The number of thioether (sulfide) groups is 1. The van der Waals surface area contributed by atoms with Crippen LogP contribution in [0, 0.1) is 5.41 Å². The van der Waals surface area contributed by atoms with Crippen LogP contribution in [0.3, 0.4) is 0 Å². The highest BCUT2D eigenvalue weighted by molar-refractivity contribution is 8.13. The highest BCUT2D eigenvalue weighted by atomic mass is 32.2. The number of nitrogens with zero attached hydrogens (tertiary/aromatic N) is 1. The van der Waals surface area contributed by atoms with Crippen molar-refractivity contribution in [3.8, 4) is 0 Å². The van der Waals surface area contributed by atoms with Crippen molar-refractivity contribution < 1.29 is 5.11 Å². The highest BCUT2D eigenvalue weighted by Gasteiger charge is 2.18. The van der Waals surface area contributed by atoms with Gasteiger partial charge in [-0.3, -0.25) is 5.41 Å². The molecule has 1 atom stereocenters. The lowest BCUT2D eigenvalue weighted by molar-refractivity contribution is 0.0818. The fourth-order valence-electron chi connectivity index (χ4n) is 0.475. The molecule has 0 bridgehead atoms. The van der Waals surface area contributed by atoms with Crippen LogP contribution in [0.2, 0.25) is 0 Å². The second kappa shape index (κ2) is 5.08. The number of rotatable bonds is 3. The summed E-state index contributed by atoms with van der Waals surface area (Å²) in [6, 6.07) is 0. The number of nitrogens with two attached hydrogens (primary N) is 2. The SMILES string of the molecule is CCC(C)(O)CSC(=N)N=C(N)N. The maximum atomic E-state index is 9.58. The minimum atomic E-state index is -0.768. The first-order valence-electron chi connectivity index (χ1n) is 3.91. The molecule has 6 N–H and O–H groups in total. The molecule has 0 aliphatic rings. The lowest BCUT2D eigenvalue weighted by Gasteiger charge is -2.19. The van der Waals surface area contributed by atoms with Crippen molar-refractivity contribution in [2.45, 2.75) is 25.9 Å². The van der Waals surface area contributed by atoms with Gasteiger partial charge in [0, 0.05) is 5.75 Å². The molecule has 0 rings (SSSR count). The third-order valence-electron chi connectivity index (χ3n) is 1.51. The van der Waals surface area contributed by atoms with Crippen molar-refractivity contribution >= 4 is 22.9 Å². The van der Waals surface area contributed by atoms with E-state index in [1.807, 2.05) is 6.92 Å². The van der Waals surface area contributed by atoms with Gasteiger partial charge in [-0.1, -0.05) is 18.7 Å². The molecule has 13 heavy (non-hydrogen) atoms. The van der Waals surface area contributed by atoms with Gasteiger partial charge in [0.15, 0.2) is 11.1 Å². The first-order valence-corrected chi connectivity index (χ1v) is 4.89. The van der Waals surface area contributed by atoms with Gasteiger partial charge in [-0.15, -0.1) is 0 Å². The van der Waals surface area contributed by atoms with E-state index >= 15 is 0 Å². The van der Waals surface area contributed by atoms with Crippen LogP contribution in [0.1, 0.15) is 20.3 Å². The second-order valence-electron chi connectivity index (χ2n) is 2.98. The van der Waals surface area contributed by atoms with Gasteiger partial charge in [0.2, 0.25) is 0 Å². The summed E-state index contributed by atoms with van der Waals surface area (Å²) in [6.45, 7) is 3.59. The zero-order chi connectivity index (χ0) is 10.5. The van der Waals surface area contributed by atoms with Crippen LogP contribution in [-0.2, 0) is 0 Å². The average Bonchev–Trinajstić information content (AvgIpc) is 2.00. The normalized spacial score (nSPS) is 14.7. The van der Waals surface area contributed by atoms with E-state index in [1.54, 1.807) is 6.92 Å². The van der Waals surface area contributed by atoms with Crippen LogP contribution < -0.4 is 11.5 Å². The average molecular weight is 204 g/mol. The fourth-order valence-corrected chi connectivity index (χ4v) is 1.30. The van der Waals surface area contributed by atoms with Crippen LogP contribution in [-0.4, -0.2) is 27.6 Å². The van der Waals surface area contributed by atoms with E-state index in [4.69, 9.17) is 16.9 Å². The Bertz CT molecular complexity index is 211. The summed E-state index contributed by atoms with van der Waals surface area (Å²) in [4.78, 5) is 3.52. The van der Waals surface area contributed by atoms with E-state index < -0.39 is 5.60 Å². The predicted octanol–water partition coefficient (Wildman–Crippen LogP) is 0.0888. The molecule has 76 valence electrons. The molecule has 5 nitrogen and oxygen atoms in total. The first-order chi connectivity index (χ1) is 5.87. The molecule has 1 unspecified atom stereocenters. The highest BCUT2D eigenvalue weighted by Crippen LogP contribution is 2.17. The molecular formula is C7H16N4OS. The van der Waals surface area contributed by atoms with Crippen LogP contribution in [0.5, 0.6) is 0 Å². The largest absolute Gasteiger partial charge is 0.389 e. The molecule has 0 aliphatic heterocycles. The number of hydrogen-bond acceptors (Lipinski definition) is 3. The molecule has 6 heteroatoms. The smallest absolute Gasteiger partial charge is 0.193 e. The molecule has 0 aromatic heterocycles. The summed E-state index contributed by atoms with van der Waals surface area (Å²) >= 11 is 1.12. The first kappa shape index (κ1) is 12.2. The summed E-state index contributed by atoms with van der Waals surface area (Å²) in [5.41, 5.74) is 9.38. The summed E-state index contributed by atoms with van der Waals surface area (Å²) in [5.74, 6) is 0.285. The van der Waals surface area contributed by atoms with Crippen LogP contribution in [0.25, 0.3) is 0 Å². The van der Waals surface area contributed by atoms with Gasteiger partial charge in [-0.2, -0.15) is 4.99 Å². The van der Waals surface area contributed by atoms with Crippen LogP contribution in [0.15, 0.2) is 4.99 Å². The van der Waals surface area contributed by atoms with Crippen LogP contribution >= 0.6 is 11.8 Å². The van der Waals surface area contributed by atoms with Gasteiger partial charge in [0.25, 0.3) is 0 Å². The molecule has 0 heterocycles. The summed E-state index contributed by atoms with van der Waals surface area (Å²) in [5, 5.41) is 16.9. The molecule has 0 radical (unpaired) electrons. The Morgan fingerprint density at radius 2 is 2.15 bits per heavy atom. The Morgan fingerprint density at radius 3 is 2.54 bits per heavy atom. The Hall–Kier alpha value is -0.750. The van der Waals surface area contributed by atoms with Gasteiger partial charge < -0.3 is 16.6 Å². The van der Waals surface area contributed by atoms with Gasteiger partial charge in [-0.25, -0.2) is 0 Å². The number of hydrogen-bond donors (Lipinski definition) is 4. The molecule has 0 aliphatic carbocycles. The number of amidine groups is 1. The van der Waals surface area contributed by atoms with Crippen molar-refractivity contribution in [3.63, 3.8) is 0 Å². The molecule has 0 spiro atoms. The van der Waals surface area contributed by atoms with E-state index in [0.717, 1.165) is 11.8 Å². The minimum Gasteiger partial charge on any atom is -0.389 e. The quantitative estimate of drug-likeness (QED) is 0.386. The van der Waals surface area contributed by atoms with Crippen LogP contribution in [0.4, 0.5) is 0 Å². The second-order valence-corrected chi connectivity index (χ2v) is 3.95. The summed E-state index contributed by atoms with van der Waals surface area (Å²) in [7, 11) is 0. The van der Waals surface area contributed by atoms with Gasteiger partial charge in [0.1, 0.15) is 0 Å². The third kappa shape index (κ3) is 6.41. The monoisotopic (exact) mass is 204 g/mol. The number of guanidine groups is 1. The van der Waals surface area contributed by atoms with Crippen molar-refractivity contribution in [3.05, 3.63) is 0 Å². The maximum absolute atomic E-state index is 9.58. The summed E-state index contributed by atoms with van der Waals surface area (Å²) < 4.78 is 0. The Morgan fingerprint density at radius 1 is 1.62 bits per heavy atom. The van der Waals surface area contributed by atoms with Crippen molar-refractivity contribution in [1.29, 1.82) is 5.41 Å². The topological polar surface area (TPSA) is 108 Å². The molecule has 0 aromatic rings. The lowest BCUT2D eigenvalue weighted by atomic mass is 10.1. The van der Waals surface area contributed by atoms with E-state index in [1.165, 1.54) is 0 Å². The Balaban J connectivity index is 3.90. The molecular weight excluding hydrogens is 188 g/mol. The van der Waals surface area contributed by atoms with E-state index in [-0.39, 0.29) is 11.1 Å². The molecule has 0 fully saturated rings. The van der Waals surface area contributed by atoms with Gasteiger partial charge in [0.05, 0.1) is 5.60 Å². The fraction of sp³-hybridized carbons (Fsp3) is 0.714. The van der Waals surface area contributed by atoms with Crippen molar-refractivity contribution in [2.75, 3.05) is 5.75 Å². The van der Waals surface area contributed by atoms with E-state index in [2.05, 4.69) is 4.99 Å². The zero-order valence-corrected chi connectivity index (χ0v) is 8.69. The third-order valence-corrected chi connectivity index (χ3v) is 2.64. The molecule has 0 saturated carbocycles. The van der Waals surface area contributed by atoms with Crippen molar-refractivity contribution in [1.82, 2.24) is 0 Å². The molecule has 0 aromatic carbocycles. The Labute approximate surface area is 82.1 Å². The summed E-state index contributed by atoms with van der Waals surface area (Å²) in [6.07, 6.45) is 0.634. The predicted molar refractivity (Wildman–Crippen MR) is 56.9 cm³/mol. The zero-order valence-electron chi connectivity index (χ0n) is 7.87. The minimum absolute atomic E-state index is 0.0220. The number of aliphatic imine (C=N–C) groups is 1. The van der Waals surface area contributed by atoms with E-state index in [0.29, 0.717) is 12.2 Å². The molecule has 0 saturated heterocycles. The molecule has 0 amide bonds. The van der Waals surface area contributed by atoms with Crippen molar-refractivity contribution in [2.24, 2.45) is 16.5 Å². The van der Waals surface area contributed by atoms with E-state index in [9.17, 15) is 5.11 Å². The maximum Gasteiger partial charge on any atom is 0.193 e. The Kier molecular flexibility index (Phi) is 4.79.